The first kappa shape index (κ1) is 14.1. The summed E-state index contributed by atoms with van der Waals surface area (Å²) in [5.41, 5.74) is 2.16. The Hall–Kier alpha value is -2.36. The molecule has 2 rings (SSSR count). The number of pyridine rings is 1. The average Bonchev–Trinajstić information content (AvgIpc) is 2.48. The maximum absolute atomic E-state index is 11.7. The van der Waals surface area contributed by atoms with Crippen molar-refractivity contribution in [1.29, 1.82) is 0 Å². The molecule has 0 aliphatic rings. The molecule has 0 fully saturated rings. The van der Waals surface area contributed by atoms with Gasteiger partial charge in [-0.15, -0.1) is 0 Å². The van der Waals surface area contributed by atoms with Gasteiger partial charge in [0.15, 0.2) is 0 Å². The fraction of sp³-hybridized carbons (Fsp3) is 0.250. The number of carbonyl (C=O) groups excluding carboxylic acids is 1. The Bertz CT molecular complexity index is 538. The highest BCUT2D eigenvalue weighted by Crippen LogP contribution is 2.09. The van der Waals surface area contributed by atoms with Crippen molar-refractivity contribution in [2.75, 3.05) is 6.54 Å². The molecule has 1 aromatic heterocycles. The number of nitrogens with zero attached hydrogens (tertiary/aromatic N) is 1. The van der Waals surface area contributed by atoms with Gasteiger partial charge in [0.25, 0.3) is 0 Å². The summed E-state index contributed by atoms with van der Waals surface area (Å²) >= 11 is 0. The van der Waals surface area contributed by atoms with Gasteiger partial charge in [-0.1, -0.05) is 18.2 Å². The van der Waals surface area contributed by atoms with Crippen LogP contribution >= 0.6 is 0 Å². The number of nitrogens with one attached hydrogen (secondary N) is 1. The summed E-state index contributed by atoms with van der Waals surface area (Å²) in [4.78, 5) is 15.7. The van der Waals surface area contributed by atoms with Crippen LogP contribution in [0.1, 0.15) is 17.5 Å². The number of phenols is 1. The first-order valence-electron chi connectivity index (χ1n) is 6.67. The van der Waals surface area contributed by atoms with E-state index in [1.54, 1.807) is 24.5 Å². The third kappa shape index (κ3) is 4.72. The molecule has 1 amide bonds. The predicted octanol–water partition coefficient (Wildman–Crippen LogP) is 2.08. The summed E-state index contributed by atoms with van der Waals surface area (Å²) in [6.45, 7) is 0.608. The number of aromatic hydroxyl groups is 1. The number of hydrogen-bond acceptors (Lipinski definition) is 3. The van der Waals surface area contributed by atoms with Crippen molar-refractivity contribution in [1.82, 2.24) is 10.3 Å². The van der Waals surface area contributed by atoms with E-state index in [0.29, 0.717) is 19.4 Å². The zero-order valence-electron chi connectivity index (χ0n) is 11.2. The molecule has 0 aliphatic carbocycles. The van der Waals surface area contributed by atoms with E-state index in [0.717, 1.165) is 17.5 Å². The van der Waals surface area contributed by atoms with Crippen LogP contribution in [-0.4, -0.2) is 22.5 Å². The lowest BCUT2D eigenvalue weighted by Crippen LogP contribution is -2.25. The van der Waals surface area contributed by atoms with Crippen molar-refractivity contribution < 1.29 is 9.90 Å². The Morgan fingerprint density at radius 2 is 1.90 bits per heavy atom. The first-order chi connectivity index (χ1) is 9.74. The van der Waals surface area contributed by atoms with Gasteiger partial charge < -0.3 is 10.4 Å². The Morgan fingerprint density at radius 1 is 1.10 bits per heavy atom. The van der Waals surface area contributed by atoms with Crippen LogP contribution in [0, 0.1) is 0 Å². The van der Waals surface area contributed by atoms with Crippen molar-refractivity contribution in [3.8, 4) is 5.75 Å². The van der Waals surface area contributed by atoms with Gasteiger partial charge in [-0.2, -0.15) is 0 Å². The van der Waals surface area contributed by atoms with E-state index in [4.69, 9.17) is 0 Å². The molecule has 20 heavy (non-hydrogen) atoms. The molecule has 0 spiro atoms. The molecule has 0 saturated heterocycles. The lowest BCUT2D eigenvalue weighted by atomic mass is 10.1. The van der Waals surface area contributed by atoms with Crippen LogP contribution in [0.4, 0.5) is 0 Å². The molecule has 0 radical (unpaired) electrons. The smallest absolute Gasteiger partial charge is 0.220 e. The number of rotatable bonds is 6. The molecule has 1 heterocycles. The second kappa shape index (κ2) is 7.28. The molecule has 0 atom stereocenters. The van der Waals surface area contributed by atoms with Gasteiger partial charge in [0, 0.05) is 25.4 Å². The zero-order chi connectivity index (χ0) is 14.2. The van der Waals surface area contributed by atoms with Crippen molar-refractivity contribution >= 4 is 5.91 Å². The highest BCUT2D eigenvalue weighted by molar-refractivity contribution is 5.76. The molecule has 0 unspecified atom stereocenters. The number of phenolic OH excluding ortho intramolecular Hbond substituents is 1. The fourth-order valence-corrected chi connectivity index (χ4v) is 1.90. The van der Waals surface area contributed by atoms with Crippen molar-refractivity contribution in [3.05, 3.63) is 59.9 Å². The molecule has 0 aliphatic heterocycles. The van der Waals surface area contributed by atoms with E-state index in [1.165, 1.54) is 0 Å². The first-order valence-corrected chi connectivity index (χ1v) is 6.67. The third-order valence-electron chi connectivity index (χ3n) is 3.04. The Labute approximate surface area is 118 Å². The number of hydrogen-bond donors (Lipinski definition) is 2. The van der Waals surface area contributed by atoms with Crippen molar-refractivity contribution in [2.45, 2.75) is 19.3 Å². The van der Waals surface area contributed by atoms with E-state index in [1.807, 2.05) is 24.3 Å². The molecular weight excluding hydrogens is 252 g/mol. The van der Waals surface area contributed by atoms with Crippen LogP contribution in [-0.2, 0) is 17.6 Å². The van der Waals surface area contributed by atoms with Crippen molar-refractivity contribution in [3.63, 3.8) is 0 Å². The average molecular weight is 270 g/mol. The summed E-state index contributed by atoms with van der Waals surface area (Å²) in [6.07, 6.45) is 5.45. The van der Waals surface area contributed by atoms with Gasteiger partial charge in [0.2, 0.25) is 5.91 Å². The minimum absolute atomic E-state index is 0.0487. The maximum atomic E-state index is 11.7. The standard InChI is InChI=1S/C16H18N2O2/c19-15-6-3-13(4-7-15)9-11-18-16(20)8-5-14-2-1-10-17-12-14/h1-4,6-7,10,12,19H,5,8-9,11H2,(H,18,20). The Morgan fingerprint density at radius 3 is 2.60 bits per heavy atom. The maximum Gasteiger partial charge on any atom is 0.220 e. The monoisotopic (exact) mass is 270 g/mol. The number of benzene rings is 1. The van der Waals surface area contributed by atoms with Crippen LogP contribution in [0.5, 0.6) is 5.75 Å². The molecule has 4 heteroatoms. The molecule has 0 bridgehead atoms. The molecule has 4 nitrogen and oxygen atoms in total. The molecule has 2 N–H and O–H groups in total. The number of aryl methyl sites for hydroxylation is 1. The van der Waals surface area contributed by atoms with Gasteiger partial charge in [-0.3, -0.25) is 9.78 Å². The largest absolute Gasteiger partial charge is 0.508 e. The van der Waals surface area contributed by atoms with E-state index >= 15 is 0 Å². The molecule has 2 aromatic rings. The van der Waals surface area contributed by atoms with E-state index in [9.17, 15) is 9.90 Å². The second-order valence-electron chi connectivity index (χ2n) is 4.63. The van der Waals surface area contributed by atoms with E-state index in [2.05, 4.69) is 10.3 Å². The van der Waals surface area contributed by atoms with Gasteiger partial charge in [0.05, 0.1) is 0 Å². The highest BCUT2D eigenvalue weighted by Gasteiger charge is 2.02. The van der Waals surface area contributed by atoms with E-state index in [-0.39, 0.29) is 11.7 Å². The van der Waals surface area contributed by atoms with E-state index < -0.39 is 0 Å². The van der Waals surface area contributed by atoms with Gasteiger partial charge >= 0.3 is 0 Å². The van der Waals surface area contributed by atoms with Crippen molar-refractivity contribution in [2.24, 2.45) is 0 Å². The van der Waals surface area contributed by atoms with Crippen LogP contribution in [0.25, 0.3) is 0 Å². The van der Waals surface area contributed by atoms with Gasteiger partial charge in [0.1, 0.15) is 5.75 Å². The van der Waals surface area contributed by atoms with Crippen LogP contribution in [0.2, 0.25) is 0 Å². The lowest BCUT2D eigenvalue weighted by Gasteiger charge is -2.05. The van der Waals surface area contributed by atoms with Gasteiger partial charge in [-0.25, -0.2) is 0 Å². The Kier molecular flexibility index (Phi) is 5.12. The third-order valence-corrected chi connectivity index (χ3v) is 3.04. The molecule has 1 aromatic carbocycles. The van der Waals surface area contributed by atoms with Crippen LogP contribution < -0.4 is 5.32 Å². The quantitative estimate of drug-likeness (QED) is 0.844. The van der Waals surface area contributed by atoms with Gasteiger partial charge in [-0.05, 0) is 42.2 Å². The summed E-state index contributed by atoms with van der Waals surface area (Å²) in [5, 5.41) is 12.1. The summed E-state index contributed by atoms with van der Waals surface area (Å²) in [5.74, 6) is 0.307. The highest BCUT2D eigenvalue weighted by atomic mass is 16.3. The fourth-order valence-electron chi connectivity index (χ4n) is 1.90. The molecule has 0 saturated carbocycles. The zero-order valence-corrected chi connectivity index (χ0v) is 11.2. The Balaban J connectivity index is 1.66. The summed E-state index contributed by atoms with van der Waals surface area (Å²) in [7, 11) is 0. The van der Waals surface area contributed by atoms with Crippen LogP contribution in [0.3, 0.4) is 0 Å². The minimum atomic E-state index is 0.0487. The number of carbonyl (C=O) groups is 1. The topological polar surface area (TPSA) is 62.2 Å². The summed E-state index contributed by atoms with van der Waals surface area (Å²) < 4.78 is 0. The molecule has 104 valence electrons. The SMILES string of the molecule is O=C(CCc1cccnc1)NCCc1ccc(O)cc1. The second-order valence-corrected chi connectivity index (χ2v) is 4.63. The summed E-state index contributed by atoms with van der Waals surface area (Å²) in [6, 6.07) is 10.9. The molecular formula is C16H18N2O2. The lowest BCUT2D eigenvalue weighted by molar-refractivity contribution is -0.121. The van der Waals surface area contributed by atoms with Crippen LogP contribution in [0.15, 0.2) is 48.8 Å². The normalized spacial score (nSPS) is 10.2. The predicted molar refractivity (Wildman–Crippen MR) is 77.4 cm³/mol. The number of aromatic nitrogens is 1. The number of amides is 1. The minimum Gasteiger partial charge on any atom is -0.508 e.